The number of fused-ring (bicyclic) bond motifs is 7. The van der Waals surface area contributed by atoms with Gasteiger partial charge in [0.15, 0.2) is 44.0 Å². The summed E-state index contributed by atoms with van der Waals surface area (Å²) in [4.78, 5) is 1.11. The molecule has 20 N–H and O–H groups in total. The Morgan fingerprint density at radius 2 is 0.444 bits per heavy atom. The SMILES string of the molecule is CN(C(=S)S)[C@@H]1[C@H]2O[C@@H]3[C@H](O)[C@@H](O)[C@@H](O[C@H]3CO)O[C@@H]3C(O)[C@@H](O)[C@@H](O[C@H]3CO)O[C@@H]3C(O)[C@@H](O)[C@H](O[C@@H]4[C@H](O)[C@H](O)C(OC5[C@@H](CO)OC(OC6[C@@H](CO)O[C@H](O[C@@H]([C@@H]1O)[C@@H](CO)O2)[C@@H](O)[C@H]6O)[C@@H](O)[C@H]5O)O[C@@H]4CO)O[C@H]3CO. The van der Waals surface area contributed by atoms with Gasteiger partial charge in [-0.25, -0.2) is 0 Å². The molecule has 0 aromatic rings. The fourth-order valence-corrected chi connectivity index (χ4v) is 11.2. The summed E-state index contributed by atoms with van der Waals surface area (Å²) >= 11 is 9.45. The van der Waals surface area contributed by atoms with E-state index >= 15 is 0 Å². The van der Waals surface area contributed by atoms with Crippen molar-refractivity contribution in [3.05, 3.63) is 0 Å². The van der Waals surface area contributed by atoms with Crippen LogP contribution in [0.1, 0.15) is 0 Å². The van der Waals surface area contributed by atoms with Gasteiger partial charge in [-0.1, -0.05) is 12.2 Å². The molecule has 15 aliphatic rings. The van der Waals surface area contributed by atoms with Crippen LogP contribution in [0.4, 0.5) is 0 Å². The van der Waals surface area contributed by atoms with Crippen LogP contribution in [0.5, 0.6) is 0 Å². The van der Waals surface area contributed by atoms with Gasteiger partial charge >= 0.3 is 0 Å². The maximum absolute atomic E-state index is 12.0. The monoisotopic (exact) mass is 1220 g/mol. The fourth-order valence-electron chi connectivity index (χ4n) is 11.0. The number of rotatable bonds is 8. The van der Waals surface area contributed by atoms with Gasteiger partial charge in [-0.3, -0.25) is 0 Å². The highest BCUT2D eigenvalue weighted by Gasteiger charge is 2.60. The predicted octanol–water partition coefficient (Wildman–Crippen LogP) is -14.1. The first kappa shape index (κ1) is 65.8. The van der Waals surface area contributed by atoms with Crippen molar-refractivity contribution in [2.45, 2.75) is 215 Å². The Morgan fingerprint density at radius 3 is 0.617 bits per heavy atom. The molecule has 15 saturated heterocycles. The Labute approximate surface area is 469 Å². The Hall–Kier alpha value is -1.12. The molecule has 0 aromatic heterocycles. The molecule has 15 fully saturated rings. The quantitative estimate of drug-likeness (QED) is 0.0793. The van der Waals surface area contributed by atoms with Crippen LogP contribution < -0.4 is 0 Å². The molecule has 470 valence electrons. The lowest BCUT2D eigenvalue weighted by Gasteiger charge is -2.51. The summed E-state index contributed by atoms with van der Waals surface area (Å²) in [5, 5.41) is 222. The summed E-state index contributed by atoms with van der Waals surface area (Å²) in [6.45, 7) is -7.25. The molecule has 35 atom stereocenters. The number of hydrogen-bond donors (Lipinski definition) is 21. The minimum absolute atomic E-state index is 0.232. The summed E-state index contributed by atoms with van der Waals surface area (Å²) in [6.07, 6.45) is -67.3. The summed E-state index contributed by atoms with van der Waals surface area (Å²) in [7, 11) is 1.29. The Morgan fingerprint density at radius 1 is 0.284 bits per heavy atom. The van der Waals surface area contributed by atoms with E-state index in [2.05, 4.69) is 12.6 Å². The van der Waals surface area contributed by atoms with Crippen molar-refractivity contribution < 1.29 is 168 Å². The molecule has 35 nitrogen and oxygen atoms in total. The van der Waals surface area contributed by atoms with Gasteiger partial charge in [0, 0.05) is 7.05 Å². The van der Waals surface area contributed by atoms with E-state index in [-0.39, 0.29) is 4.32 Å². The smallest absolute Gasteiger partial charge is 0.187 e. The topological polar surface area (TPSA) is 537 Å². The number of thiol groups is 1. The second kappa shape index (κ2) is 27.9. The standard InChI is InChI=1S/C44H73NO34S2/c1-45(44(80)81)16-17(53)30-9(2-46)66-37(16)73-31-10(3-47)67-39(24(60)18(31)54)75-33-12(5-49)69-41(26(62)20(33)56)77-35-14(7-51)71-43(28(64)22(35)58)79-36-15(8-52)72-42(29(65)23(36)59)78-34-13(6-50)70-40(27(63)21(34)57)76-32-11(4-48)68-38(74-30)25(61)19(32)55/h9-43,46-65H,2-8H2,1H3,(H,80,81)/t9-,10+,11-,12+,13-,14+,15-,16+,17-,18-,19-,20?,21-,22?,23-,24-,25+,26-,27+,28-,29+,30-,31+,32?,33+,34?,35+,36+,37-,38-,39+,40?,41+,42?,43+/m1/s1. The molecule has 81 heavy (non-hydrogen) atoms. The number of likely N-dealkylation sites (N-methyl/N-ethyl adjacent to an activating group) is 1. The third kappa shape index (κ3) is 13.1. The van der Waals surface area contributed by atoms with Gasteiger partial charge in [0.2, 0.25) is 0 Å². The van der Waals surface area contributed by atoms with Crippen LogP contribution in [-0.4, -0.2) is 380 Å². The lowest BCUT2D eigenvalue weighted by atomic mass is 9.94. The second-order valence-corrected chi connectivity index (χ2v) is 21.7. The van der Waals surface area contributed by atoms with Gasteiger partial charge in [0.05, 0.1) is 46.2 Å². The molecule has 37 heteroatoms. The summed E-state index contributed by atoms with van der Waals surface area (Å²) in [6, 6.07) is -1.58. The van der Waals surface area contributed by atoms with E-state index in [0.717, 1.165) is 4.90 Å². The van der Waals surface area contributed by atoms with Crippen molar-refractivity contribution in [2.75, 3.05) is 53.3 Å². The van der Waals surface area contributed by atoms with Gasteiger partial charge < -0.3 is 173 Å². The van der Waals surface area contributed by atoms with Crippen molar-refractivity contribution in [3.8, 4) is 0 Å². The van der Waals surface area contributed by atoms with Crippen molar-refractivity contribution in [1.29, 1.82) is 0 Å². The van der Waals surface area contributed by atoms with Crippen LogP contribution >= 0.6 is 24.8 Å². The van der Waals surface area contributed by atoms with Crippen LogP contribution in [0.25, 0.3) is 0 Å². The maximum atomic E-state index is 12.0. The predicted molar refractivity (Wildman–Crippen MR) is 256 cm³/mol. The molecule has 14 bridgehead atoms. The van der Waals surface area contributed by atoms with E-state index in [4.69, 9.17) is 78.5 Å². The zero-order valence-electron chi connectivity index (χ0n) is 42.6. The summed E-state index contributed by atoms with van der Waals surface area (Å²) < 4.78 is 80.9. The second-order valence-electron chi connectivity index (χ2n) is 20.5. The van der Waals surface area contributed by atoms with E-state index in [1.165, 1.54) is 7.05 Å². The van der Waals surface area contributed by atoms with Gasteiger partial charge in [0.1, 0.15) is 175 Å². The zero-order chi connectivity index (χ0) is 59.2. The highest BCUT2D eigenvalue weighted by molar-refractivity contribution is 8.10. The molecule has 0 aliphatic carbocycles. The molecule has 15 rings (SSSR count). The lowest BCUT2D eigenvalue weighted by Crippen LogP contribution is -2.70. The first-order chi connectivity index (χ1) is 38.5. The molecule has 15 heterocycles. The van der Waals surface area contributed by atoms with Crippen molar-refractivity contribution in [2.24, 2.45) is 0 Å². The summed E-state index contributed by atoms with van der Waals surface area (Å²) in [5.41, 5.74) is 0. The Bertz CT molecular complexity index is 1990. The van der Waals surface area contributed by atoms with Gasteiger partial charge in [0.25, 0.3) is 0 Å². The minimum Gasteiger partial charge on any atom is -0.394 e. The number of thiocarbonyl (C=S) groups is 1. The molecule has 6 unspecified atom stereocenters. The van der Waals surface area contributed by atoms with Crippen LogP contribution in [0.3, 0.4) is 0 Å². The molecule has 0 aromatic carbocycles. The highest BCUT2D eigenvalue weighted by atomic mass is 32.1. The zero-order valence-corrected chi connectivity index (χ0v) is 44.3. The third-order valence-corrected chi connectivity index (χ3v) is 16.1. The molecule has 0 amide bonds. The fraction of sp³-hybridized carbons (Fsp3) is 0.977. The summed E-state index contributed by atoms with van der Waals surface area (Å²) in [5.74, 6) is 0. The van der Waals surface area contributed by atoms with E-state index < -0.39 is 261 Å². The molecule has 0 spiro atoms. The average molecular weight is 1220 g/mol. The molecule has 0 saturated carbocycles. The first-order valence-electron chi connectivity index (χ1n) is 25.7. The largest absolute Gasteiger partial charge is 0.394 e. The van der Waals surface area contributed by atoms with E-state index in [1.807, 2.05) is 0 Å². The number of hydrogen-bond acceptors (Lipinski definition) is 35. The maximum Gasteiger partial charge on any atom is 0.187 e. The Balaban J connectivity index is 1.11. The van der Waals surface area contributed by atoms with Crippen molar-refractivity contribution in [3.63, 3.8) is 0 Å². The van der Waals surface area contributed by atoms with Crippen LogP contribution in [0.15, 0.2) is 0 Å². The molecular weight excluding hydrogens is 1150 g/mol. The molecule has 0 radical (unpaired) electrons. The van der Waals surface area contributed by atoms with E-state index in [0.29, 0.717) is 0 Å². The minimum atomic E-state index is -2.21. The van der Waals surface area contributed by atoms with Crippen LogP contribution in [-0.2, 0) is 66.3 Å². The lowest BCUT2D eigenvalue weighted by molar-refractivity contribution is -0.396. The highest BCUT2D eigenvalue weighted by Crippen LogP contribution is 2.39. The van der Waals surface area contributed by atoms with Crippen LogP contribution in [0, 0.1) is 0 Å². The van der Waals surface area contributed by atoms with E-state index in [9.17, 15) is 102 Å². The third-order valence-electron chi connectivity index (χ3n) is 15.5. The molecule has 15 aliphatic heterocycles. The van der Waals surface area contributed by atoms with Gasteiger partial charge in [-0.15, -0.1) is 12.6 Å². The average Bonchev–Trinajstić information content (AvgIpc) is 3.60. The van der Waals surface area contributed by atoms with Crippen LogP contribution in [0.2, 0.25) is 0 Å². The Kier molecular flexibility index (Phi) is 22.7. The number of aliphatic hydroxyl groups excluding tert-OH is 20. The number of aliphatic hydroxyl groups is 20. The van der Waals surface area contributed by atoms with Gasteiger partial charge in [-0.2, -0.15) is 0 Å². The number of nitrogens with zero attached hydrogens (tertiary/aromatic N) is 1. The van der Waals surface area contributed by atoms with Crippen molar-refractivity contribution >= 4 is 29.2 Å². The first-order valence-corrected chi connectivity index (χ1v) is 26.6. The number of ether oxygens (including phenoxy) is 14. The van der Waals surface area contributed by atoms with Crippen molar-refractivity contribution in [1.82, 2.24) is 4.90 Å². The molecular formula is C44H73NO34S2. The van der Waals surface area contributed by atoms with Gasteiger partial charge in [-0.05, 0) is 0 Å². The van der Waals surface area contributed by atoms with E-state index in [1.54, 1.807) is 0 Å². The normalized spacial score (nSPS) is 53.1.